The second-order valence-corrected chi connectivity index (χ2v) is 8.80. The second kappa shape index (κ2) is 9.28. The summed E-state index contributed by atoms with van der Waals surface area (Å²) >= 11 is 0. The van der Waals surface area contributed by atoms with Crippen LogP contribution in [0, 0.1) is 11.2 Å². The molecular formula is C24H29FN2O3. The highest BCUT2D eigenvalue weighted by molar-refractivity contribution is 5.99. The molecule has 3 rings (SSSR count). The van der Waals surface area contributed by atoms with Gasteiger partial charge in [-0.25, -0.2) is 4.39 Å². The summed E-state index contributed by atoms with van der Waals surface area (Å²) in [5.41, 5.74) is 2.78. The number of fused-ring (bicyclic) bond motifs is 1. The van der Waals surface area contributed by atoms with E-state index in [-0.39, 0.29) is 35.6 Å². The van der Waals surface area contributed by atoms with Gasteiger partial charge in [-0.3, -0.25) is 9.59 Å². The van der Waals surface area contributed by atoms with Crippen molar-refractivity contribution in [3.8, 4) is 5.75 Å². The molecule has 1 unspecified atom stereocenters. The average molecular weight is 413 g/mol. The van der Waals surface area contributed by atoms with Crippen LogP contribution in [0.1, 0.15) is 44.7 Å². The lowest BCUT2D eigenvalue weighted by Gasteiger charge is -2.31. The van der Waals surface area contributed by atoms with Gasteiger partial charge in [-0.2, -0.15) is 0 Å². The topological polar surface area (TPSA) is 67.4 Å². The SMILES string of the molecule is CC(C)(C)C(COc1ccccc1F)NC(=O)CCCc1ccc2c(c1)CC(=O)N2. The molecule has 0 spiro atoms. The van der Waals surface area contributed by atoms with Gasteiger partial charge >= 0.3 is 0 Å². The highest BCUT2D eigenvalue weighted by Gasteiger charge is 2.27. The Balaban J connectivity index is 1.49. The molecule has 2 aromatic rings. The first kappa shape index (κ1) is 21.8. The fourth-order valence-electron chi connectivity index (χ4n) is 3.40. The van der Waals surface area contributed by atoms with E-state index in [1.54, 1.807) is 18.2 Å². The van der Waals surface area contributed by atoms with Gasteiger partial charge in [-0.15, -0.1) is 0 Å². The maximum absolute atomic E-state index is 13.8. The Morgan fingerprint density at radius 2 is 2.00 bits per heavy atom. The van der Waals surface area contributed by atoms with Gasteiger partial charge in [0.15, 0.2) is 11.6 Å². The molecule has 0 aliphatic carbocycles. The molecular weight excluding hydrogens is 383 g/mol. The number of aryl methyl sites for hydroxylation is 1. The van der Waals surface area contributed by atoms with Crippen molar-refractivity contribution in [2.24, 2.45) is 5.41 Å². The van der Waals surface area contributed by atoms with Gasteiger partial charge in [0.25, 0.3) is 0 Å². The van der Waals surface area contributed by atoms with Crippen molar-refractivity contribution in [2.75, 3.05) is 11.9 Å². The van der Waals surface area contributed by atoms with Crippen molar-refractivity contribution >= 4 is 17.5 Å². The molecule has 0 bridgehead atoms. The third-order valence-corrected chi connectivity index (χ3v) is 5.29. The summed E-state index contributed by atoms with van der Waals surface area (Å²) in [5, 5.41) is 5.86. The monoisotopic (exact) mass is 412 g/mol. The number of anilines is 1. The van der Waals surface area contributed by atoms with Crippen molar-refractivity contribution in [3.05, 3.63) is 59.4 Å². The van der Waals surface area contributed by atoms with Crippen LogP contribution in [0.4, 0.5) is 10.1 Å². The number of halogens is 1. The van der Waals surface area contributed by atoms with E-state index in [4.69, 9.17) is 4.74 Å². The Morgan fingerprint density at radius 3 is 2.73 bits per heavy atom. The van der Waals surface area contributed by atoms with Crippen LogP contribution in [0.5, 0.6) is 5.75 Å². The minimum absolute atomic E-state index is 0.0207. The number of carbonyl (C=O) groups is 2. The van der Waals surface area contributed by atoms with E-state index >= 15 is 0 Å². The van der Waals surface area contributed by atoms with Gasteiger partial charge in [0.2, 0.25) is 11.8 Å². The average Bonchev–Trinajstić information content (AvgIpc) is 3.04. The van der Waals surface area contributed by atoms with Crippen molar-refractivity contribution in [1.82, 2.24) is 5.32 Å². The molecule has 0 saturated heterocycles. The lowest BCUT2D eigenvalue weighted by atomic mass is 9.87. The Hall–Kier alpha value is -2.89. The molecule has 2 N–H and O–H groups in total. The van der Waals surface area contributed by atoms with E-state index in [1.165, 1.54) is 6.07 Å². The Kier molecular flexibility index (Phi) is 6.75. The first-order chi connectivity index (χ1) is 14.2. The summed E-state index contributed by atoms with van der Waals surface area (Å²) in [6.07, 6.45) is 2.28. The van der Waals surface area contributed by atoms with E-state index in [9.17, 15) is 14.0 Å². The van der Waals surface area contributed by atoms with Crippen LogP contribution in [-0.2, 0) is 22.4 Å². The summed E-state index contributed by atoms with van der Waals surface area (Å²) < 4.78 is 19.4. The molecule has 1 aliphatic rings. The van der Waals surface area contributed by atoms with E-state index in [1.807, 2.05) is 39.0 Å². The van der Waals surface area contributed by atoms with Gasteiger partial charge in [0, 0.05) is 12.1 Å². The number of ether oxygens (including phenoxy) is 1. The normalized spacial score (nSPS) is 14.1. The van der Waals surface area contributed by atoms with Crippen LogP contribution in [0.25, 0.3) is 0 Å². The van der Waals surface area contributed by atoms with E-state index in [0.29, 0.717) is 19.3 Å². The first-order valence-corrected chi connectivity index (χ1v) is 10.3. The van der Waals surface area contributed by atoms with Crippen molar-refractivity contribution < 1.29 is 18.7 Å². The predicted octanol–water partition coefficient (Wildman–Crippen LogP) is 4.25. The zero-order valence-electron chi connectivity index (χ0n) is 17.8. The number of hydrogen-bond acceptors (Lipinski definition) is 3. The number of rotatable bonds is 8. The number of hydrogen-bond donors (Lipinski definition) is 2. The summed E-state index contributed by atoms with van der Waals surface area (Å²) in [6, 6.07) is 12.0. The Morgan fingerprint density at radius 1 is 1.23 bits per heavy atom. The number of amides is 2. The standard InChI is InChI=1S/C24H29FN2O3/c1-24(2,3)21(15-30-20-9-5-4-8-18(20)25)27-22(28)10-6-7-16-11-12-19-17(13-16)14-23(29)26-19/h4-5,8-9,11-13,21H,6-7,10,14-15H2,1-3H3,(H,26,29)(H,27,28). The molecule has 0 radical (unpaired) electrons. The van der Waals surface area contributed by atoms with Crippen LogP contribution in [0.15, 0.2) is 42.5 Å². The molecule has 1 aliphatic heterocycles. The second-order valence-electron chi connectivity index (χ2n) is 8.80. The predicted molar refractivity (Wildman–Crippen MR) is 115 cm³/mol. The zero-order chi connectivity index (χ0) is 21.7. The number of para-hydroxylation sites is 1. The number of nitrogens with one attached hydrogen (secondary N) is 2. The molecule has 0 aromatic heterocycles. The first-order valence-electron chi connectivity index (χ1n) is 10.3. The molecule has 2 amide bonds. The number of benzene rings is 2. The largest absolute Gasteiger partial charge is 0.488 e. The molecule has 6 heteroatoms. The lowest BCUT2D eigenvalue weighted by Crippen LogP contribution is -2.47. The molecule has 0 saturated carbocycles. The number of carbonyl (C=O) groups excluding carboxylic acids is 2. The van der Waals surface area contributed by atoms with Crippen LogP contribution in [0.3, 0.4) is 0 Å². The summed E-state index contributed by atoms with van der Waals surface area (Å²) in [5.74, 6) is -0.259. The fourth-order valence-corrected chi connectivity index (χ4v) is 3.40. The van der Waals surface area contributed by atoms with Crippen LogP contribution in [-0.4, -0.2) is 24.5 Å². The highest BCUT2D eigenvalue weighted by Crippen LogP contribution is 2.25. The van der Waals surface area contributed by atoms with Crippen molar-refractivity contribution in [3.63, 3.8) is 0 Å². The molecule has 160 valence electrons. The quantitative estimate of drug-likeness (QED) is 0.681. The third kappa shape index (κ3) is 5.81. The molecule has 0 fully saturated rings. The summed E-state index contributed by atoms with van der Waals surface area (Å²) in [7, 11) is 0. The Bertz CT molecular complexity index is 921. The summed E-state index contributed by atoms with van der Waals surface area (Å²) in [6.45, 7) is 6.25. The molecule has 1 heterocycles. The molecule has 1 atom stereocenters. The van der Waals surface area contributed by atoms with E-state index in [2.05, 4.69) is 10.6 Å². The smallest absolute Gasteiger partial charge is 0.228 e. The molecule has 5 nitrogen and oxygen atoms in total. The van der Waals surface area contributed by atoms with Gasteiger partial charge in [0.1, 0.15) is 6.61 Å². The van der Waals surface area contributed by atoms with Crippen LogP contribution >= 0.6 is 0 Å². The fraction of sp³-hybridized carbons (Fsp3) is 0.417. The van der Waals surface area contributed by atoms with Gasteiger partial charge < -0.3 is 15.4 Å². The maximum Gasteiger partial charge on any atom is 0.228 e. The van der Waals surface area contributed by atoms with E-state index < -0.39 is 5.82 Å². The van der Waals surface area contributed by atoms with Gasteiger partial charge in [-0.05, 0) is 47.6 Å². The third-order valence-electron chi connectivity index (χ3n) is 5.29. The minimum atomic E-state index is -0.414. The molecule has 2 aromatic carbocycles. The van der Waals surface area contributed by atoms with Crippen LogP contribution < -0.4 is 15.4 Å². The maximum atomic E-state index is 13.8. The van der Waals surface area contributed by atoms with E-state index in [0.717, 1.165) is 23.2 Å². The zero-order valence-corrected chi connectivity index (χ0v) is 17.8. The van der Waals surface area contributed by atoms with Gasteiger partial charge in [-0.1, -0.05) is 45.0 Å². The minimum Gasteiger partial charge on any atom is -0.488 e. The molecule has 30 heavy (non-hydrogen) atoms. The van der Waals surface area contributed by atoms with Gasteiger partial charge in [0.05, 0.1) is 12.5 Å². The lowest BCUT2D eigenvalue weighted by molar-refractivity contribution is -0.123. The highest BCUT2D eigenvalue weighted by atomic mass is 19.1. The van der Waals surface area contributed by atoms with Crippen molar-refractivity contribution in [2.45, 2.75) is 52.5 Å². The van der Waals surface area contributed by atoms with Crippen LogP contribution in [0.2, 0.25) is 0 Å². The Labute approximate surface area is 177 Å². The van der Waals surface area contributed by atoms with Crippen molar-refractivity contribution in [1.29, 1.82) is 0 Å². The summed E-state index contributed by atoms with van der Waals surface area (Å²) in [4.78, 5) is 24.0.